The van der Waals surface area contributed by atoms with Gasteiger partial charge in [-0.05, 0) is 17.0 Å². The zero-order valence-electron chi connectivity index (χ0n) is 13.5. The Kier molecular flexibility index (Phi) is 4.96. The van der Waals surface area contributed by atoms with Gasteiger partial charge >= 0.3 is 0 Å². The lowest BCUT2D eigenvalue weighted by Gasteiger charge is -2.34. The maximum atomic E-state index is 13.0. The smallest absolute Gasteiger partial charge is 0.243 e. The van der Waals surface area contributed by atoms with E-state index in [0.717, 1.165) is 5.56 Å². The van der Waals surface area contributed by atoms with Gasteiger partial charge in [0.05, 0.1) is 11.4 Å². The average molecular weight is 320 g/mol. The summed E-state index contributed by atoms with van der Waals surface area (Å²) in [7, 11) is -3.46. The number of hydrogen-bond acceptors (Lipinski definition) is 3. The predicted octanol–water partition coefficient (Wildman–Crippen LogP) is 1.92. The summed E-state index contributed by atoms with van der Waals surface area (Å²) in [4.78, 5) is 2.52. The van der Waals surface area contributed by atoms with E-state index in [0.29, 0.717) is 37.6 Å². The fourth-order valence-corrected chi connectivity index (χ4v) is 4.53. The molecule has 1 aromatic carbocycles. The van der Waals surface area contributed by atoms with E-state index in [2.05, 4.69) is 10.8 Å². The highest BCUT2D eigenvalue weighted by Gasteiger charge is 2.32. The topological polar surface area (TPSA) is 40.6 Å². The summed E-state index contributed by atoms with van der Waals surface area (Å²) in [5.74, 6) is 2.61. The fraction of sp³-hybridized carbons (Fsp3) is 0.529. The normalized spacial score (nSPS) is 18.1. The van der Waals surface area contributed by atoms with E-state index in [1.807, 2.05) is 32.9 Å². The van der Waals surface area contributed by atoms with Crippen molar-refractivity contribution in [2.75, 3.05) is 32.7 Å². The van der Waals surface area contributed by atoms with Crippen LogP contribution in [0.4, 0.5) is 0 Å². The molecule has 1 aromatic rings. The van der Waals surface area contributed by atoms with Gasteiger partial charge in [-0.1, -0.05) is 44.9 Å². The molecular formula is C17H24N2O2S. The van der Waals surface area contributed by atoms with Gasteiger partial charge in [-0.2, -0.15) is 4.31 Å². The Labute approximate surface area is 134 Å². The first-order valence-electron chi connectivity index (χ1n) is 7.52. The van der Waals surface area contributed by atoms with Crippen molar-refractivity contribution in [3.8, 4) is 12.3 Å². The molecule has 1 aliphatic rings. The molecular weight excluding hydrogens is 296 g/mol. The van der Waals surface area contributed by atoms with Crippen LogP contribution in [0.25, 0.3) is 0 Å². The molecule has 1 fully saturated rings. The van der Waals surface area contributed by atoms with Crippen molar-refractivity contribution < 1.29 is 8.42 Å². The van der Waals surface area contributed by atoms with Crippen LogP contribution in [-0.2, 0) is 15.4 Å². The molecule has 0 unspecified atom stereocenters. The summed E-state index contributed by atoms with van der Waals surface area (Å²) in [6.07, 6.45) is 5.32. The number of nitrogens with zero attached hydrogens (tertiary/aromatic N) is 2. The zero-order valence-corrected chi connectivity index (χ0v) is 14.4. The molecule has 2 rings (SSSR count). The van der Waals surface area contributed by atoms with Crippen molar-refractivity contribution in [3.05, 3.63) is 29.8 Å². The van der Waals surface area contributed by atoms with Crippen LogP contribution in [-0.4, -0.2) is 50.3 Å². The van der Waals surface area contributed by atoms with E-state index < -0.39 is 10.0 Å². The van der Waals surface area contributed by atoms with Crippen LogP contribution >= 0.6 is 0 Å². The Balaban J connectivity index is 2.28. The Morgan fingerprint density at radius 2 is 1.73 bits per heavy atom. The third-order valence-corrected chi connectivity index (χ3v) is 5.92. The lowest BCUT2D eigenvalue weighted by molar-refractivity contribution is 0.207. The van der Waals surface area contributed by atoms with Crippen molar-refractivity contribution in [1.82, 2.24) is 9.21 Å². The molecule has 0 bridgehead atoms. The summed E-state index contributed by atoms with van der Waals surface area (Å²) in [6.45, 7) is 9.02. The van der Waals surface area contributed by atoms with Gasteiger partial charge in [0.15, 0.2) is 0 Å². The minimum absolute atomic E-state index is 0.213. The number of sulfonamides is 1. The molecule has 0 N–H and O–H groups in total. The first-order valence-corrected chi connectivity index (χ1v) is 8.96. The van der Waals surface area contributed by atoms with Crippen LogP contribution in [0.3, 0.4) is 0 Å². The summed E-state index contributed by atoms with van der Waals surface area (Å²) in [6, 6.07) is 7.30. The minimum atomic E-state index is -3.46. The third kappa shape index (κ3) is 3.52. The molecule has 0 amide bonds. The Bertz CT molecular complexity index is 661. The van der Waals surface area contributed by atoms with Crippen LogP contribution in [0.5, 0.6) is 0 Å². The van der Waals surface area contributed by atoms with E-state index in [9.17, 15) is 8.42 Å². The van der Waals surface area contributed by atoms with Crippen LogP contribution in [0, 0.1) is 12.3 Å². The summed E-state index contributed by atoms with van der Waals surface area (Å²) < 4.78 is 27.5. The van der Waals surface area contributed by atoms with Crippen molar-refractivity contribution in [2.45, 2.75) is 31.1 Å². The molecule has 0 aromatic heterocycles. The monoisotopic (exact) mass is 320 g/mol. The van der Waals surface area contributed by atoms with Crippen LogP contribution < -0.4 is 0 Å². The molecule has 0 saturated carbocycles. The summed E-state index contributed by atoms with van der Waals surface area (Å²) in [5, 5.41) is 0. The van der Waals surface area contributed by atoms with Crippen molar-refractivity contribution in [2.24, 2.45) is 0 Å². The van der Waals surface area contributed by atoms with E-state index in [1.54, 1.807) is 16.4 Å². The van der Waals surface area contributed by atoms with Gasteiger partial charge in [0.2, 0.25) is 10.0 Å². The maximum Gasteiger partial charge on any atom is 0.243 e. The number of piperazine rings is 1. The number of rotatable bonds is 3. The first kappa shape index (κ1) is 17.0. The second-order valence-corrected chi connectivity index (χ2v) is 8.54. The van der Waals surface area contributed by atoms with Gasteiger partial charge in [-0.3, -0.25) is 4.90 Å². The highest BCUT2D eigenvalue weighted by Crippen LogP contribution is 2.30. The van der Waals surface area contributed by atoms with E-state index >= 15 is 0 Å². The lowest BCUT2D eigenvalue weighted by Crippen LogP contribution is -2.48. The molecule has 0 radical (unpaired) electrons. The second kappa shape index (κ2) is 6.41. The van der Waals surface area contributed by atoms with Gasteiger partial charge in [-0.25, -0.2) is 8.42 Å². The standard InChI is InChI=1S/C17H24N2O2S/c1-5-10-18-11-13-19(14-12-18)22(20,21)16-9-7-6-8-15(16)17(2,3)4/h1,6-9H,10-14H2,2-4H3. The highest BCUT2D eigenvalue weighted by molar-refractivity contribution is 7.89. The van der Waals surface area contributed by atoms with Crippen molar-refractivity contribution in [1.29, 1.82) is 0 Å². The van der Waals surface area contributed by atoms with E-state index in [-0.39, 0.29) is 5.41 Å². The van der Waals surface area contributed by atoms with Gasteiger partial charge in [0.1, 0.15) is 0 Å². The molecule has 1 heterocycles. The number of benzene rings is 1. The molecule has 120 valence electrons. The summed E-state index contributed by atoms with van der Waals surface area (Å²) >= 11 is 0. The maximum absolute atomic E-state index is 13.0. The molecule has 4 nitrogen and oxygen atoms in total. The van der Waals surface area contributed by atoms with E-state index in [1.165, 1.54) is 0 Å². The highest BCUT2D eigenvalue weighted by atomic mass is 32.2. The van der Waals surface area contributed by atoms with Crippen molar-refractivity contribution >= 4 is 10.0 Å². The zero-order chi connectivity index (χ0) is 16.4. The molecule has 0 spiro atoms. The first-order chi connectivity index (χ1) is 10.3. The third-order valence-electron chi connectivity index (χ3n) is 3.96. The number of terminal acetylenes is 1. The second-order valence-electron chi connectivity index (χ2n) is 6.63. The van der Waals surface area contributed by atoms with Gasteiger partial charge in [0, 0.05) is 26.2 Å². The van der Waals surface area contributed by atoms with Gasteiger partial charge in [0.25, 0.3) is 0 Å². The summed E-state index contributed by atoms with van der Waals surface area (Å²) in [5.41, 5.74) is 0.649. The van der Waals surface area contributed by atoms with E-state index in [4.69, 9.17) is 6.42 Å². The van der Waals surface area contributed by atoms with Crippen LogP contribution in [0.1, 0.15) is 26.3 Å². The average Bonchev–Trinajstić information content (AvgIpc) is 2.47. The Morgan fingerprint density at radius 3 is 2.27 bits per heavy atom. The SMILES string of the molecule is C#CCN1CCN(S(=O)(=O)c2ccccc2C(C)(C)C)CC1. The molecule has 22 heavy (non-hydrogen) atoms. The molecule has 1 saturated heterocycles. The van der Waals surface area contributed by atoms with Crippen molar-refractivity contribution in [3.63, 3.8) is 0 Å². The predicted molar refractivity (Wildman–Crippen MR) is 89.2 cm³/mol. The Morgan fingerprint density at radius 1 is 1.14 bits per heavy atom. The largest absolute Gasteiger partial charge is 0.290 e. The van der Waals surface area contributed by atoms with Gasteiger partial charge < -0.3 is 0 Å². The molecule has 0 atom stereocenters. The van der Waals surface area contributed by atoms with Crippen LogP contribution in [0.2, 0.25) is 0 Å². The van der Waals surface area contributed by atoms with Crippen LogP contribution in [0.15, 0.2) is 29.2 Å². The number of hydrogen-bond donors (Lipinski definition) is 0. The fourth-order valence-electron chi connectivity index (χ4n) is 2.71. The quantitative estimate of drug-likeness (QED) is 0.799. The minimum Gasteiger partial charge on any atom is -0.290 e. The molecule has 0 aliphatic carbocycles. The molecule has 1 aliphatic heterocycles. The lowest BCUT2D eigenvalue weighted by atomic mass is 9.87. The molecule has 5 heteroatoms. The Hall–Kier alpha value is -1.35. The van der Waals surface area contributed by atoms with Gasteiger partial charge in [-0.15, -0.1) is 6.42 Å².